The number of benzene rings is 1. The Morgan fingerprint density at radius 2 is 2.22 bits per heavy atom. The normalized spacial score (nSPS) is 10.9. The topological polar surface area (TPSA) is 55.5 Å². The molecule has 0 radical (unpaired) electrons. The van der Waals surface area contributed by atoms with Gasteiger partial charge in [-0.05, 0) is 18.2 Å². The number of hydrogen-bond donors (Lipinski definition) is 1. The van der Waals surface area contributed by atoms with Gasteiger partial charge in [0, 0.05) is 5.56 Å². The average molecular weight is 276 g/mol. The molecule has 7 heteroatoms. The van der Waals surface area contributed by atoms with Crippen molar-refractivity contribution in [2.45, 2.75) is 12.5 Å². The molecule has 0 fully saturated rings. The zero-order valence-corrected chi connectivity index (χ0v) is 9.69. The Balaban J connectivity index is 2.28. The number of hydrogen-bond acceptors (Lipinski definition) is 4. The Hall–Kier alpha value is -1.82. The van der Waals surface area contributed by atoms with Gasteiger partial charge in [-0.1, -0.05) is 0 Å². The molecule has 0 bridgehead atoms. The lowest BCUT2D eigenvalue weighted by Gasteiger charge is -2.06. The third kappa shape index (κ3) is 2.70. The molecule has 0 unspecified atom stereocenters. The highest BCUT2D eigenvalue weighted by atomic mass is 35.5. The van der Waals surface area contributed by atoms with Crippen molar-refractivity contribution in [2.75, 3.05) is 0 Å². The SMILES string of the molecule is Oc1cc(-c2nc(CCl)co2)ccc1OC(F)F. The summed E-state index contributed by atoms with van der Waals surface area (Å²) in [6, 6.07) is 3.88. The second kappa shape index (κ2) is 5.22. The van der Waals surface area contributed by atoms with E-state index in [1.807, 2.05) is 0 Å². The molecule has 0 atom stereocenters. The van der Waals surface area contributed by atoms with Gasteiger partial charge in [0.1, 0.15) is 6.26 Å². The Morgan fingerprint density at radius 1 is 1.44 bits per heavy atom. The molecule has 0 saturated heterocycles. The minimum Gasteiger partial charge on any atom is -0.504 e. The number of alkyl halides is 3. The van der Waals surface area contributed by atoms with Gasteiger partial charge >= 0.3 is 6.61 Å². The summed E-state index contributed by atoms with van der Waals surface area (Å²) < 4.78 is 33.2. The predicted molar refractivity (Wildman–Crippen MR) is 59.8 cm³/mol. The highest BCUT2D eigenvalue weighted by Gasteiger charge is 2.12. The van der Waals surface area contributed by atoms with Gasteiger partial charge in [0.05, 0.1) is 11.6 Å². The van der Waals surface area contributed by atoms with E-state index in [0.29, 0.717) is 11.3 Å². The van der Waals surface area contributed by atoms with Crippen LogP contribution in [0.4, 0.5) is 8.78 Å². The molecule has 1 heterocycles. The third-order valence-corrected chi connectivity index (χ3v) is 2.38. The lowest BCUT2D eigenvalue weighted by molar-refractivity contribution is -0.0512. The first-order valence-corrected chi connectivity index (χ1v) is 5.42. The van der Waals surface area contributed by atoms with Crippen molar-refractivity contribution in [2.24, 2.45) is 0 Å². The van der Waals surface area contributed by atoms with Crippen LogP contribution in [0.2, 0.25) is 0 Å². The van der Waals surface area contributed by atoms with E-state index in [1.165, 1.54) is 24.5 Å². The van der Waals surface area contributed by atoms with Crippen LogP contribution in [0.5, 0.6) is 11.5 Å². The maximum atomic E-state index is 12.0. The van der Waals surface area contributed by atoms with Gasteiger partial charge in [-0.25, -0.2) is 4.98 Å². The summed E-state index contributed by atoms with van der Waals surface area (Å²) in [5.41, 5.74) is 0.976. The van der Waals surface area contributed by atoms with E-state index < -0.39 is 12.4 Å². The standard InChI is InChI=1S/C11H8ClF2NO3/c12-4-7-5-17-10(15-7)6-1-2-9(8(16)3-6)18-11(13)14/h1-3,5,11,16H,4H2. The van der Waals surface area contributed by atoms with Crippen molar-refractivity contribution in [3.63, 3.8) is 0 Å². The maximum absolute atomic E-state index is 12.0. The number of aromatic nitrogens is 1. The zero-order valence-electron chi connectivity index (χ0n) is 8.94. The van der Waals surface area contributed by atoms with Crippen LogP contribution in [0.15, 0.2) is 28.9 Å². The van der Waals surface area contributed by atoms with Crippen molar-refractivity contribution < 1.29 is 23.0 Å². The van der Waals surface area contributed by atoms with Crippen LogP contribution in [-0.2, 0) is 5.88 Å². The summed E-state index contributed by atoms with van der Waals surface area (Å²) in [7, 11) is 0. The Morgan fingerprint density at radius 3 is 2.78 bits per heavy atom. The predicted octanol–water partition coefficient (Wildman–Crippen LogP) is 3.39. The Bertz CT molecular complexity index is 545. The van der Waals surface area contributed by atoms with Crippen molar-refractivity contribution in [3.8, 4) is 23.0 Å². The van der Waals surface area contributed by atoms with Crippen LogP contribution in [0, 0.1) is 0 Å². The van der Waals surface area contributed by atoms with Crippen LogP contribution < -0.4 is 4.74 Å². The van der Waals surface area contributed by atoms with Crippen molar-refractivity contribution in [3.05, 3.63) is 30.2 Å². The first kappa shape index (κ1) is 12.6. The molecular weight excluding hydrogens is 268 g/mol. The highest BCUT2D eigenvalue weighted by molar-refractivity contribution is 6.16. The average Bonchev–Trinajstić information content (AvgIpc) is 2.80. The van der Waals surface area contributed by atoms with Gasteiger partial charge in [-0.2, -0.15) is 8.78 Å². The number of phenols is 1. The van der Waals surface area contributed by atoms with Gasteiger partial charge in [-0.15, -0.1) is 11.6 Å². The lowest BCUT2D eigenvalue weighted by atomic mass is 10.2. The molecule has 96 valence electrons. The zero-order chi connectivity index (χ0) is 13.1. The van der Waals surface area contributed by atoms with Crippen LogP contribution in [0.25, 0.3) is 11.5 Å². The summed E-state index contributed by atoms with van der Waals surface area (Å²) in [4.78, 5) is 4.03. The third-order valence-electron chi connectivity index (χ3n) is 2.11. The van der Waals surface area contributed by atoms with Crippen LogP contribution >= 0.6 is 11.6 Å². The fourth-order valence-corrected chi connectivity index (χ4v) is 1.47. The first-order chi connectivity index (χ1) is 8.60. The van der Waals surface area contributed by atoms with E-state index in [4.69, 9.17) is 16.0 Å². The maximum Gasteiger partial charge on any atom is 0.387 e. The molecule has 0 amide bonds. The molecular formula is C11H8ClF2NO3. The van der Waals surface area contributed by atoms with Gasteiger partial charge in [0.25, 0.3) is 0 Å². The van der Waals surface area contributed by atoms with E-state index >= 15 is 0 Å². The van der Waals surface area contributed by atoms with Crippen LogP contribution in [0.3, 0.4) is 0 Å². The monoisotopic (exact) mass is 275 g/mol. The molecule has 1 N–H and O–H groups in total. The van der Waals surface area contributed by atoms with Crippen molar-refractivity contribution in [1.29, 1.82) is 0 Å². The van der Waals surface area contributed by atoms with E-state index in [1.54, 1.807) is 0 Å². The van der Waals surface area contributed by atoms with Crippen LogP contribution in [0.1, 0.15) is 5.69 Å². The number of phenolic OH excluding ortho intramolecular Hbond substituents is 1. The molecule has 1 aromatic heterocycles. The number of rotatable bonds is 4. The molecule has 4 nitrogen and oxygen atoms in total. The summed E-state index contributed by atoms with van der Waals surface area (Å²) in [6.07, 6.45) is 1.38. The fourth-order valence-electron chi connectivity index (χ4n) is 1.35. The summed E-state index contributed by atoms with van der Waals surface area (Å²) in [5.74, 6) is -0.289. The molecule has 1 aromatic carbocycles. The van der Waals surface area contributed by atoms with Gasteiger partial charge < -0.3 is 14.3 Å². The van der Waals surface area contributed by atoms with Gasteiger partial charge in [0.2, 0.25) is 5.89 Å². The summed E-state index contributed by atoms with van der Waals surface area (Å²) >= 11 is 5.57. The lowest BCUT2D eigenvalue weighted by Crippen LogP contribution is -2.01. The van der Waals surface area contributed by atoms with E-state index in [9.17, 15) is 13.9 Å². The van der Waals surface area contributed by atoms with Crippen molar-refractivity contribution >= 4 is 11.6 Å². The molecule has 2 aromatic rings. The van der Waals surface area contributed by atoms with E-state index in [0.717, 1.165) is 0 Å². The molecule has 18 heavy (non-hydrogen) atoms. The van der Waals surface area contributed by atoms with Gasteiger partial charge in [-0.3, -0.25) is 0 Å². The molecule has 0 aliphatic rings. The fraction of sp³-hybridized carbons (Fsp3) is 0.182. The number of halogens is 3. The molecule has 0 aliphatic heterocycles. The molecule has 0 saturated carbocycles. The molecule has 0 spiro atoms. The highest BCUT2D eigenvalue weighted by Crippen LogP contribution is 2.32. The van der Waals surface area contributed by atoms with Crippen molar-refractivity contribution in [1.82, 2.24) is 4.98 Å². The number of ether oxygens (including phenoxy) is 1. The largest absolute Gasteiger partial charge is 0.504 e. The minimum absolute atomic E-state index is 0.196. The quantitative estimate of drug-likeness (QED) is 0.869. The number of aromatic hydroxyl groups is 1. The van der Waals surface area contributed by atoms with Crippen LogP contribution in [-0.4, -0.2) is 16.7 Å². The van der Waals surface area contributed by atoms with E-state index in [2.05, 4.69) is 9.72 Å². The Labute approximate surface area is 106 Å². The van der Waals surface area contributed by atoms with E-state index in [-0.39, 0.29) is 17.5 Å². The van der Waals surface area contributed by atoms with Gasteiger partial charge in [0.15, 0.2) is 11.5 Å². The molecule has 0 aliphatic carbocycles. The molecule has 2 rings (SSSR count). The Kier molecular flexibility index (Phi) is 3.66. The second-order valence-electron chi connectivity index (χ2n) is 3.34. The first-order valence-electron chi connectivity index (χ1n) is 4.88. The minimum atomic E-state index is -2.99. The number of nitrogens with zero attached hydrogens (tertiary/aromatic N) is 1. The second-order valence-corrected chi connectivity index (χ2v) is 3.61. The summed E-state index contributed by atoms with van der Waals surface area (Å²) in [5, 5.41) is 9.51. The number of oxazole rings is 1. The smallest absolute Gasteiger partial charge is 0.387 e. The summed E-state index contributed by atoms with van der Waals surface area (Å²) in [6.45, 7) is -2.99.